The summed E-state index contributed by atoms with van der Waals surface area (Å²) in [5.41, 5.74) is 5.60. The van der Waals surface area contributed by atoms with Crippen LogP contribution in [0.15, 0.2) is 18.5 Å². The fourth-order valence-corrected chi connectivity index (χ4v) is 1.46. The van der Waals surface area contributed by atoms with Crippen LogP contribution >= 0.6 is 0 Å². The van der Waals surface area contributed by atoms with Gasteiger partial charge in [-0.1, -0.05) is 0 Å². The van der Waals surface area contributed by atoms with Crippen LogP contribution in [0.25, 0.3) is 5.65 Å². The number of nitrogens with one attached hydrogen (secondary N) is 1. The molecule has 0 spiro atoms. The Bertz CT molecular complexity index is 513. The number of aromatic nitrogens is 3. The summed E-state index contributed by atoms with van der Waals surface area (Å²) in [5, 5.41) is 4.32. The Hall–Kier alpha value is -1.46. The molecule has 0 saturated heterocycles. The quantitative estimate of drug-likeness (QED) is 0.824. The first-order chi connectivity index (χ1) is 7.94. The molecule has 5 nitrogen and oxygen atoms in total. The molecule has 0 saturated carbocycles. The smallest absolute Gasteiger partial charge is 0.155 e. The van der Waals surface area contributed by atoms with Crippen LogP contribution < -0.4 is 5.48 Å². The second-order valence-electron chi connectivity index (χ2n) is 5.09. The number of nitrogens with zero attached hydrogens (tertiary/aromatic N) is 3. The van der Waals surface area contributed by atoms with Crippen molar-refractivity contribution in [3.63, 3.8) is 0 Å². The van der Waals surface area contributed by atoms with Gasteiger partial charge in [-0.15, -0.1) is 0 Å². The molecule has 2 aromatic heterocycles. The van der Waals surface area contributed by atoms with Gasteiger partial charge < -0.3 is 0 Å². The molecule has 0 amide bonds. The summed E-state index contributed by atoms with van der Waals surface area (Å²) in [6.45, 7) is 8.56. The minimum absolute atomic E-state index is 0.195. The third kappa shape index (κ3) is 3.25. The Morgan fingerprint density at radius 2 is 2.18 bits per heavy atom. The normalized spacial score (nSPS) is 12.2. The average Bonchev–Trinajstić information content (AvgIpc) is 2.55. The monoisotopic (exact) mass is 234 g/mol. The molecule has 0 aromatic carbocycles. The van der Waals surface area contributed by atoms with Crippen molar-refractivity contribution in [2.75, 3.05) is 0 Å². The van der Waals surface area contributed by atoms with E-state index in [9.17, 15) is 0 Å². The molecule has 2 rings (SSSR count). The summed E-state index contributed by atoms with van der Waals surface area (Å²) in [6, 6.07) is 1.95. The van der Waals surface area contributed by atoms with E-state index in [1.54, 1.807) is 4.52 Å². The van der Waals surface area contributed by atoms with Crippen molar-refractivity contribution in [3.05, 3.63) is 29.7 Å². The van der Waals surface area contributed by atoms with Crippen molar-refractivity contribution in [2.24, 2.45) is 0 Å². The van der Waals surface area contributed by atoms with Gasteiger partial charge in [0.2, 0.25) is 0 Å². The first-order valence-corrected chi connectivity index (χ1v) is 5.66. The lowest BCUT2D eigenvalue weighted by Gasteiger charge is -2.19. The predicted molar refractivity (Wildman–Crippen MR) is 65.4 cm³/mol. The van der Waals surface area contributed by atoms with Crippen LogP contribution in [0.4, 0.5) is 0 Å². The van der Waals surface area contributed by atoms with E-state index in [4.69, 9.17) is 4.84 Å². The van der Waals surface area contributed by atoms with Gasteiger partial charge >= 0.3 is 0 Å². The zero-order valence-electron chi connectivity index (χ0n) is 10.7. The lowest BCUT2D eigenvalue weighted by molar-refractivity contribution is -0.0758. The van der Waals surface area contributed by atoms with Crippen LogP contribution in [-0.4, -0.2) is 20.2 Å². The van der Waals surface area contributed by atoms with Gasteiger partial charge in [0.25, 0.3) is 0 Å². The zero-order valence-corrected chi connectivity index (χ0v) is 10.7. The number of fused-ring (bicyclic) bond motifs is 1. The van der Waals surface area contributed by atoms with Gasteiger partial charge in [-0.2, -0.15) is 10.6 Å². The van der Waals surface area contributed by atoms with Crippen molar-refractivity contribution in [1.29, 1.82) is 0 Å². The maximum Gasteiger partial charge on any atom is 0.155 e. The minimum atomic E-state index is -0.195. The third-order valence-corrected chi connectivity index (χ3v) is 2.14. The van der Waals surface area contributed by atoms with Gasteiger partial charge in [-0.25, -0.2) is 9.50 Å². The highest BCUT2D eigenvalue weighted by atomic mass is 16.7. The number of hydrogen-bond acceptors (Lipinski definition) is 4. The van der Waals surface area contributed by atoms with Crippen LogP contribution in [0.5, 0.6) is 0 Å². The largest absolute Gasteiger partial charge is 0.296 e. The Morgan fingerprint density at radius 1 is 1.41 bits per heavy atom. The van der Waals surface area contributed by atoms with Gasteiger partial charge in [-0.05, 0) is 27.7 Å². The summed E-state index contributed by atoms with van der Waals surface area (Å²) < 4.78 is 1.78. The highest BCUT2D eigenvalue weighted by Gasteiger charge is 2.10. The average molecular weight is 234 g/mol. The molecule has 1 N–H and O–H groups in total. The number of hydroxylamine groups is 1. The lowest BCUT2D eigenvalue weighted by atomic mass is 10.2. The zero-order chi connectivity index (χ0) is 12.5. The molecule has 0 unspecified atom stereocenters. The maximum absolute atomic E-state index is 5.44. The van der Waals surface area contributed by atoms with E-state index >= 15 is 0 Å². The molecule has 2 heterocycles. The SMILES string of the molecule is Cc1cc2ncc(CNOC(C)(C)C)cn2n1. The van der Waals surface area contributed by atoms with Gasteiger partial charge in [0.15, 0.2) is 5.65 Å². The molecule has 0 bridgehead atoms. The highest BCUT2D eigenvalue weighted by Crippen LogP contribution is 2.07. The van der Waals surface area contributed by atoms with E-state index < -0.39 is 0 Å². The molecule has 0 aliphatic rings. The van der Waals surface area contributed by atoms with E-state index in [0.29, 0.717) is 6.54 Å². The second-order valence-corrected chi connectivity index (χ2v) is 5.09. The van der Waals surface area contributed by atoms with Crippen molar-refractivity contribution in [3.8, 4) is 0 Å². The van der Waals surface area contributed by atoms with Crippen LogP contribution in [0, 0.1) is 6.92 Å². The minimum Gasteiger partial charge on any atom is -0.296 e. The molecule has 0 aliphatic carbocycles. The first kappa shape index (κ1) is 12.0. The fraction of sp³-hybridized carbons (Fsp3) is 0.500. The molecule has 5 heteroatoms. The van der Waals surface area contributed by atoms with Crippen molar-refractivity contribution >= 4 is 5.65 Å². The number of aryl methyl sites for hydroxylation is 1. The lowest BCUT2D eigenvalue weighted by Crippen LogP contribution is -2.28. The van der Waals surface area contributed by atoms with Crippen molar-refractivity contribution < 1.29 is 4.84 Å². The van der Waals surface area contributed by atoms with Crippen LogP contribution in [0.3, 0.4) is 0 Å². The Kier molecular flexibility index (Phi) is 3.13. The summed E-state index contributed by atoms with van der Waals surface area (Å²) in [6.07, 6.45) is 3.78. The molecule has 0 radical (unpaired) electrons. The van der Waals surface area contributed by atoms with Crippen molar-refractivity contribution in [2.45, 2.75) is 39.8 Å². The van der Waals surface area contributed by atoms with E-state index in [1.807, 2.05) is 46.2 Å². The van der Waals surface area contributed by atoms with Gasteiger partial charge in [0.1, 0.15) is 0 Å². The van der Waals surface area contributed by atoms with Crippen LogP contribution in [0.2, 0.25) is 0 Å². The Morgan fingerprint density at radius 3 is 2.88 bits per heavy atom. The third-order valence-electron chi connectivity index (χ3n) is 2.14. The van der Waals surface area contributed by atoms with Gasteiger partial charge in [0.05, 0.1) is 11.3 Å². The van der Waals surface area contributed by atoms with Crippen molar-refractivity contribution in [1.82, 2.24) is 20.1 Å². The Balaban J connectivity index is 2.04. The van der Waals surface area contributed by atoms with E-state index in [1.165, 1.54) is 0 Å². The molecule has 92 valence electrons. The Labute approximate surface area is 101 Å². The summed E-state index contributed by atoms with van der Waals surface area (Å²) >= 11 is 0. The van der Waals surface area contributed by atoms with E-state index in [-0.39, 0.29) is 5.60 Å². The fourth-order valence-electron chi connectivity index (χ4n) is 1.46. The maximum atomic E-state index is 5.44. The molecule has 0 fully saturated rings. The van der Waals surface area contributed by atoms with Gasteiger partial charge in [0, 0.05) is 30.6 Å². The first-order valence-electron chi connectivity index (χ1n) is 5.66. The van der Waals surface area contributed by atoms with E-state index in [0.717, 1.165) is 16.9 Å². The number of hydrogen-bond donors (Lipinski definition) is 1. The topological polar surface area (TPSA) is 51.5 Å². The highest BCUT2D eigenvalue weighted by molar-refractivity contribution is 5.38. The summed E-state index contributed by atoms with van der Waals surface area (Å²) in [5.74, 6) is 0. The molecule has 2 aromatic rings. The van der Waals surface area contributed by atoms with Gasteiger partial charge in [-0.3, -0.25) is 4.84 Å². The second kappa shape index (κ2) is 4.43. The summed E-state index contributed by atoms with van der Waals surface area (Å²) in [7, 11) is 0. The predicted octanol–water partition coefficient (Wildman–Crippen LogP) is 1.86. The molecule has 0 atom stereocenters. The standard InChI is InChI=1S/C12H18N4O/c1-9-5-11-13-6-10(8-16(11)15-9)7-14-17-12(2,3)4/h5-6,8,14H,7H2,1-4H3. The molecular formula is C12H18N4O. The molecule has 0 aliphatic heterocycles. The number of rotatable bonds is 3. The van der Waals surface area contributed by atoms with E-state index in [2.05, 4.69) is 15.6 Å². The molecular weight excluding hydrogens is 216 g/mol. The molecule has 17 heavy (non-hydrogen) atoms. The summed E-state index contributed by atoms with van der Waals surface area (Å²) in [4.78, 5) is 9.77. The van der Waals surface area contributed by atoms with Crippen LogP contribution in [-0.2, 0) is 11.4 Å². The van der Waals surface area contributed by atoms with Crippen LogP contribution in [0.1, 0.15) is 32.0 Å².